The normalized spacial score (nSPS) is 9.64. The van der Waals surface area contributed by atoms with Crippen LogP contribution in [0.2, 0.25) is 0 Å². The Bertz CT molecular complexity index is 1240. The maximum absolute atomic E-state index is 11.4. The van der Waals surface area contributed by atoms with Crippen molar-refractivity contribution in [2.24, 2.45) is 19.8 Å². The van der Waals surface area contributed by atoms with E-state index in [1.807, 2.05) is 61.6 Å². The molecule has 0 saturated carbocycles. The third-order valence-electron chi connectivity index (χ3n) is 5.31. The number of aromatic nitrogens is 4. The van der Waals surface area contributed by atoms with Crippen LogP contribution >= 0.6 is 12.4 Å². The molecule has 9 nitrogen and oxygen atoms in total. The van der Waals surface area contributed by atoms with E-state index in [4.69, 9.17) is 5.11 Å². The number of rotatable bonds is 4. The Morgan fingerprint density at radius 3 is 1.42 bits per heavy atom. The van der Waals surface area contributed by atoms with Gasteiger partial charge in [-0.05, 0) is 45.2 Å². The number of benzene rings is 2. The van der Waals surface area contributed by atoms with E-state index in [0.29, 0.717) is 5.56 Å². The average molecular weight is 513 g/mol. The fourth-order valence-electron chi connectivity index (χ4n) is 3.12. The van der Waals surface area contributed by atoms with Crippen molar-refractivity contribution >= 4 is 24.3 Å². The van der Waals surface area contributed by atoms with E-state index < -0.39 is 5.97 Å². The summed E-state index contributed by atoms with van der Waals surface area (Å²) in [7, 11) is 7.01. The number of carboxylic acids is 1. The standard InChI is InChI=1S/C13H15N3O.C12H12N2O2.CH5N.ClH/c1-9-15-12(8-16(9)3)10-4-6-11(7-5-10)13(17)14-2;1-8-13-11(7-14(8)2)9-3-5-10(6-4-9)12(15)16;1-2;/h4-8H,1-3H3,(H,14,17);3-7H,1-2H3,(H,15,16);2H2,1H3;1H. The van der Waals surface area contributed by atoms with Crippen LogP contribution in [0, 0.1) is 13.8 Å². The summed E-state index contributed by atoms with van der Waals surface area (Å²) in [6.45, 7) is 3.89. The molecule has 0 radical (unpaired) electrons. The molecule has 0 aliphatic rings. The quantitative estimate of drug-likeness (QED) is 0.381. The third kappa shape index (κ3) is 7.53. The zero-order chi connectivity index (χ0) is 26.1. The first-order valence-electron chi connectivity index (χ1n) is 10.9. The number of halogens is 1. The fraction of sp³-hybridized carbons (Fsp3) is 0.231. The summed E-state index contributed by atoms with van der Waals surface area (Å²) in [6.07, 6.45) is 3.90. The molecule has 2 aromatic heterocycles. The van der Waals surface area contributed by atoms with Crippen molar-refractivity contribution in [2.45, 2.75) is 13.8 Å². The van der Waals surface area contributed by atoms with Crippen molar-refractivity contribution in [2.75, 3.05) is 14.1 Å². The van der Waals surface area contributed by atoms with Gasteiger partial charge in [-0.2, -0.15) is 0 Å². The second-order valence-electron chi connectivity index (χ2n) is 7.61. The second-order valence-corrected chi connectivity index (χ2v) is 7.61. The molecule has 2 heterocycles. The number of carboxylic acid groups (broad SMARTS) is 1. The van der Waals surface area contributed by atoms with Crippen LogP contribution in [-0.2, 0) is 14.1 Å². The lowest BCUT2D eigenvalue weighted by Gasteiger charge is -2.00. The number of hydrogen-bond acceptors (Lipinski definition) is 5. The molecule has 1 amide bonds. The molecular weight excluding hydrogens is 480 g/mol. The van der Waals surface area contributed by atoms with Crippen LogP contribution in [0.3, 0.4) is 0 Å². The Morgan fingerprint density at radius 1 is 0.778 bits per heavy atom. The lowest BCUT2D eigenvalue weighted by Crippen LogP contribution is -2.17. The van der Waals surface area contributed by atoms with Crippen LogP contribution in [0.15, 0.2) is 60.9 Å². The van der Waals surface area contributed by atoms with Crippen LogP contribution < -0.4 is 11.1 Å². The number of aromatic carboxylic acids is 1. The molecule has 0 aliphatic carbocycles. The summed E-state index contributed by atoms with van der Waals surface area (Å²) in [6, 6.07) is 14.1. The van der Waals surface area contributed by atoms with Crippen molar-refractivity contribution in [1.29, 1.82) is 0 Å². The minimum Gasteiger partial charge on any atom is -0.478 e. The average Bonchev–Trinajstić information content (AvgIpc) is 3.40. The number of hydrogen-bond donors (Lipinski definition) is 3. The van der Waals surface area contributed by atoms with E-state index in [9.17, 15) is 9.59 Å². The summed E-state index contributed by atoms with van der Waals surface area (Å²) < 4.78 is 3.91. The fourth-order valence-corrected chi connectivity index (χ4v) is 3.12. The molecule has 4 N–H and O–H groups in total. The minimum atomic E-state index is -0.913. The lowest BCUT2D eigenvalue weighted by molar-refractivity contribution is 0.0696. The monoisotopic (exact) mass is 512 g/mol. The van der Waals surface area contributed by atoms with Gasteiger partial charge >= 0.3 is 5.97 Å². The van der Waals surface area contributed by atoms with E-state index in [2.05, 4.69) is 21.0 Å². The maximum atomic E-state index is 11.4. The number of nitrogens with one attached hydrogen (secondary N) is 1. The molecule has 0 bridgehead atoms. The molecule has 2 aromatic carbocycles. The predicted octanol–water partition coefficient (Wildman–Crippen LogP) is 3.85. The molecule has 0 aliphatic heterocycles. The molecule has 0 saturated heterocycles. The van der Waals surface area contributed by atoms with Crippen molar-refractivity contribution in [3.05, 3.63) is 83.7 Å². The van der Waals surface area contributed by atoms with Crippen LogP contribution in [0.4, 0.5) is 0 Å². The smallest absolute Gasteiger partial charge is 0.335 e. The number of nitrogens with zero attached hydrogens (tertiary/aromatic N) is 4. The summed E-state index contributed by atoms with van der Waals surface area (Å²) in [5.74, 6) is 0.908. The van der Waals surface area contributed by atoms with Crippen molar-refractivity contribution in [1.82, 2.24) is 24.4 Å². The van der Waals surface area contributed by atoms with Crippen LogP contribution in [0.25, 0.3) is 22.5 Å². The Hall–Kier alpha value is -3.95. The Labute approximate surface area is 217 Å². The minimum absolute atomic E-state index is 0. The Kier molecular flexibility index (Phi) is 11.5. The number of imidazole rings is 2. The van der Waals surface area contributed by atoms with E-state index in [1.54, 1.807) is 43.4 Å². The molecule has 4 rings (SSSR count). The number of aryl methyl sites for hydroxylation is 4. The molecule has 0 unspecified atom stereocenters. The van der Waals surface area contributed by atoms with Gasteiger partial charge in [-0.1, -0.05) is 24.3 Å². The van der Waals surface area contributed by atoms with Gasteiger partial charge in [0.05, 0.1) is 17.0 Å². The second kappa shape index (κ2) is 13.8. The molecular formula is C26H33ClN6O3. The number of amides is 1. The zero-order valence-electron chi connectivity index (χ0n) is 21.3. The number of nitrogens with two attached hydrogens (primary N) is 1. The van der Waals surface area contributed by atoms with Crippen molar-refractivity contribution in [3.8, 4) is 22.5 Å². The Balaban J connectivity index is 0.000000329. The first-order valence-corrected chi connectivity index (χ1v) is 10.9. The van der Waals surface area contributed by atoms with E-state index in [1.165, 1.54) is 7.05 Å². The Morgan fingerprint density at radius 2 is 1.14 bits per heavy atom. The highest BCUT2D eigenvalue weighted by atomic mass is 35.5. The van der Waals surface area contributed by atoms with Gasteiger partial charge < -0.3 is 25.3 Å². The van der Waals surface area contributed by atoms with Gasteiger partial charge in [-0.25, -0.2) is 14.8 Å². The van der Waals surface area contributed by atoms with Gasteiger partial charge in [-0.3, -0.25) is 4.79 Å². The molecule has 192 valence electrons. The molecule has 36 heavy (non-hydrogen) atoms. The van der Waals surface area contributed by atoms with Crippen molar-refractivity contribution < 1.29 is 14.7 Å². The topological polar surface area (TPSA) is 128 Å². The largest absolute Gasteiger partial charge is 0.478 e. The molecule has 0 spiro atoms. The van der Waals surface area contributed by atoms with Gasteiger partial charge in [0.2, 0.25) is 0 Å². The lowest BCUT2D eigenvalue weighted by atomic mass is 10.1. The van der Waals surface area contributed by atoms with Crippen LogP contribution in [0.1, 0.15) is 32.4 Å². The van der Waals surface area contributed by atoms with Gasteiger partial charge in [0.1, 0.15) is 11.6 Å². The molecule has 0 fully saturated rings. The zero-order valence-corrected chi connectivity index (χ0v) is 22.1. The van der Waals surface area contributed by atoms with Gasteiger partial charge in [-0.15, -0.1) is 12.4 Å². The summed E-state index contributed by atoms with van der Waals surface area (Å²) >= 11 is 0. The highest BCUT2D eigenvalue weighted by Crippen LogP contribution is 2.19. The number of carbonyl (C=O) groups is 2. The highest BCUT2D eigenvalue weighted by molar-refractivity contribution is 5.94. The summed E-state index contributed by atoms with van der Waals surface area (Å²) in [5, 5.41) is 11.4. The summed E-state index contributed by atoms with van der Waals surface area (Å²) in [5.41, 5.74) is 9.17. The van der Waals surface area contributed by atoms with E-state index in [0.717, 1.165) is 34.2 Å². The molecule has 4 aromatic rings. The summed E-state index contributed by atoms with van der Waals surface area (Å²) in [4.78, 5) is 30.9. The SMILES string of the molecule is CN.CNC(=O)c1ccc(-c2cn(C)c(C)n2)cc1.Cc1nc(-c2ccc(C(=O)O)cc2)cn1C.Cl. The third-order valence-corrected chi connectivity index (χ3v) is 5.31. The van der Waals surface area contributed by atoms with E-state index >= 15 is 0 Å². The van der Waals surface area contributed by atoms with Gasteiger partial charge in [0.15, 0.2) is 0 Å². The van der Waals surface area contributed by atoms with Gasteiger partial charge in [0.25, 0.3) is 5.91 Å². The highest BCUT2D eigenvalue weighted by Gasteiger charge is 2.07. The van der Waals surface area contributed by atoms with Crippen molar-refractivity contribution in [3.63, 3.8) is 0 Å². The molecule has 10 heteroatoms. The molecule has 0 atom stereocenters. The maximum Gasteiger partial charge on any atom is 0.335 e. The predicted molar refractivity (Wildman–Crippen MR) is 144 cm³/mol. The first kappa shape index (κ1) is 30.1. The van der Waals surface area contributed by atoms with E-state index in [-0.39, 0.29) is 23.9 Å². The first-order chi connectivity index (χ1) is 16.7. The van der Waals surface area contributed by atoms with Crippen LogP contribution in [0.5, 0.6) is 0 Å². The van der Waals surface area contributed by atoms with Gasteiger partial charge in [0, 0.05) is 50.2 Å². The number of carbonyl (C=O) groups excluding carboxylic acids is 1. The van der Waals surface area contributed by atoms with Crippen LogP contribution in [-0.4, -0.2) is 50.2 Å².